The van der Waals surface area contributed by atoms with Crippen LogP contribution in [0.2, 0.25) is 13.1 Å². The first kappa shape index (κ1) is 14.0. The van der Waals surface area contributed by atoms with E-state index in [0.717, 1.165) is 22.3 Å². The van der Waals surface area contributed by atoms with Crippen molar-refractivity contribution in [2.75, 3.05) is 13.9 Å². The van der Waals surface area contributed by atoms with Gasteiger partial charge in [0.2, 0.25) is 0 Å². The van der Waals surface area contributed by atoms with Crippen LogP contribution < -0.4 is 4.74 Å². The van der Waals surface area contributed by atoms with Gasteiger partial charge in [0.05, 0.1) is 17.8 Å². The number of ether oxygens (including phenoxy) is 2. The van der Waals surface area contributed by atoms with Gasteiger partial charge in [0.15, 0.2) is 15.8 Å². The molecule has 102 valence electrons. The largest absolute Gasteiger partial charge is 0.467 e. The van der Waals surface area contributed by atoms with Gasteiger partial charge in [-0.05, 0) is 25.2 Å². The first-order valence-corrected chi connectivity index (χ1v) is 9.11. The lowest BCUT2D eigenvalue weighted by Gasteiger charge is -2.12. The first-order valence-electron chi connectivity index (χ1n) is 6.32. The number of pyridine rings is 1. The van der Waals surface area contributed by atoms with Crippen molar-refractivity contribution in [1.29, 1.82) is 0 Å². The summed E-state index contributed by atoms with van der Waals surface area (Å²) >= 11 is 0. The van der Waals surface area contributed by atoms with Crippen LogP contribution in [-0.4, -0.2) is 27.9 Å². The fourth-order valence-electron chi connectivity index (χ4n) is 1.76. The van der Waals surface area contributed by atoms with Crippen LogP contribution in [0, 0.1) is 0 Å². The Morgan fingerprint density at radius 1 is 1.21 bits per heavy atom. The fourth-order valence-corrected chi connectivity index (χ4v) is 2.27. The average Bonchev–Trinajstić information content (AvgIpc) is 2.42. The van der Waals surface area contributed by atoms with Crippen LogP contribution in [0.1, 0.15) is 5.69 Å². The summed E-state index contributed by atoms with van der Waals surface area (Å²) in [6, 6.07) is 9.84. The van der Waals surface area contributed by atoms with E-state index in [1.54, 1.807) is 7.11 Å². The van der Waals surface area contributed by atoms with Gasteiger partial charge in [-0.15, -0.1) is 0 Å². The fraction of sp³-hybridized carbons (Fsp3) is 0.357. The SMILES string of the molecule is COCOc1cc(CO[SiH](C)C)nc2ccccc12. The van der Waals surface area contributed by atoms with E-state index in [1.165, 1.54) is 0 Å². The lowest BCUT2D eigenvalue weighted by molar-refractivity contribution is 0.0521. The molecule has 0 spiro atoms. The zero-order valence-electron chi connectivity index (χ0n) is 11.6. The van der Waals surface area contributed by atoms with Crippen molar-refractivity contribution in [2.24, 2.45) is 0 Å². The molecule has 1 aromatic carbocycles. The van der Waals surface area contributed by atoms with Gasteiger partial charge in [0.1, 0.15) is 5.75 Å². The van der Waals surface area contributed by atoms with Crippen LogP contribution in [0.4, 0.5) is 0 Å². The summed E-state index contributed by atoms with van der Waals surface area (Å²) in [5.41, 5.74) is 1.81. The highest BCUT2D eigenvalue weighted by atomic mass is 28.3. The normalized spacial score (nSPS) is 11.2. The van der Waals surface area contributed by atoms with Gasteiger partial charge >= 0.3 is 0 Å². The number of fused-ring (bicyclic) bond motifs is 1. The number of hydrogen-bond donors (Lipinski definition) is 0. The van der Waals surface area contributed by atoms with Gasteiger partial charge in [-0.25, -0.2) is 0 Å². The van der Waals surface area contributed by atoms with E-state index in [2.05, 4.69) is 18.1 Å². The second-order valence-electron chi connectivity index (χ2n) is 4.54. The van der Waals surface area contributed by atoms with E-state index in [0.29, 0.717) is 6.61 Å². The molecule has 5 heteroatoms. The number of hydrogen-bond acceptors (Lipinski definition) is 4. The molecule has 4 nitrogen and oxygen atoms in total. The molecule has 2 aromatic rings. The molecule has 0 atom stereocenters. The number of methoxy groups -OCH3 is 1. The third-order valence-electron chi connectivity index (χ3n) is 2.63. The van der Waals surface area contributed by atoms with E-state index >= 15 is 0 Å². The molecular formula is C14H19NO3Si. The van der Waals surface area contributed by atoms with Crippen molar-refractivity contribution >= 4 is 19.9 Å². The summed E-state index contributed by atoms with van der Waals surface area (Å²) in [4.78, 5) is 4.59. The van der Waals surface area contributed by atoms with Crippen LogP contribution in [0.5, 0.6) is 5.75 Å². The smallest absolute Gasteiger partial charge is 0.188 e. The van der Waals surface area contributed by atoms with Crippen LogP contribution in [0.15, 0.2) is 30.3 Å². The second-order valence-corrected chi connectivity index (χ2v) is 6.97. The molecule has 0 unspecified atom stereocenters. The molecule has 0 amide bonds. The van der Waals surface area contributed by atoms with Gasteiger partial charge in [0.25, 0.3) is 0 Å². The van der Waals surface area contributed by atoms with Gasteiger partial charge in [0, 0.05) is 18.6 Å². The average molecular weight is 277 g/mol. The van der Waals surface area contributed by atoms with E-state index in [9.17, 15) is 0 Å². The van der Waals surface area contributed by atoms with Crippen LogP contribution >= 0.6 is 0 Å². The molecule has 0 bridgehead atoms. The highest BCUT2D eigenvalue weighted by Crippen LogP contribution is 2.25. The molecule has 0 aliphatic heterocycles. The van der Waals surface area contributed by atoms with Crippen molar-refractivity contribution in [3.63, 3.8) is 0 Å². The Kier molecular flexibility index (Phi) is 4.90. The molecule has 0 saturated carbocycles. The van der Waals surface area contributed by atoms with E-state index < -0.39 is 9.04 Å². The Labute approximate surface area is 115 Å². The predicted octanol–water partition coefficient (Wildman–Crippen LogP) is 2.72. The highest BCUT2D eigenvalue weighted by molar-refractivity contribution is 6.48. The van der Waals surface area contributed by atoms with Gasteiger partial charge in [-0.1, -0.05) is 12.1 Å². The minimum atomic E-state index is -1.05. The quantitative estimate of drug-likeness (QED) is 0.601. The third kappa shape index (κ3) is 3.76. The molecule has 0 radical (unpaired) electrons. The molecule has 0 fully saturated rings. The molecule has 0 aliphatic rings. The Morgan fingerprint density at radius 2 is 2.00 bits per heavy atom. The summed E-state index contributed by atoms with van der Waals surface area (Å²) in [6.45, 7) is 5.05. The van der Waals surface area contributed by atoms with E-state index in [1.807, 2.05) is 30.3 Å². The summed E-state index contributed by atoms with van der Waals surface area (Å²) in [6.07, 6.45) is 0. The Morgan fingerprint density at radius 3 is 2.74 bits per heavy atom. The lowest BCUT2D eigenvalue weighted by Crippen LogP contribution is -2.09. The molecule has 19 heavy (non-hydrogen) atoms. The molecule has 0 N–H and O–H groups in total. The van der Waals surface area contributed by atoms with Gasteiger partial charge in [-0.3, -0.25) is 4.98 Å². The molecule has 1 heterocycles. The summed E-state index contributed by atoms with van der Waals surface area (Å²) < 4.78 is 16.3. The molecule has 0 saturated heterocycles. The summed E-state index contributed by atoms with van der Waals surface area (Å²) in [5, 5.41) is 0.991. The summed E-state index contributed by atoms with van der Waals surface area (Å²) in [7, 11) is 0.563. The Balaban J connectivity index is 2.32. The molecule has 1 aromatic heterocycles. The maximum absolute atomic E-state index is 5.73. The maximum atomic E-state index is 5.73. The maximum Gasteiger partial charge on any atom is 0.188 e. The molecule has 2 rings (SSSR count). The highest BCUT2D eigenvalue weighted by Gasteiger charge is 2.07. The molecular weight excluding hydrogens is 258 g/mol. The standard InChI is InChI=1S/C14H19NO3Si/c1-16-10-17-14-8-11(9-18-19(2)3)15-13-7-5-4-6-12(13)14/h4-8,19H,9-10H2,1-3H3. The monoisotopic (exact) mass is 277 g/mol. The third-order valence-corrected chi connectivity index (χ3v) is 3.46. The minimum Gasteiger partial charge on any atom is -0.467 e. The van der Waals surface area contributed by atoms with Crippen molar-refractivity contribution in [2.45, 2.75) is 19.7 Å². The van der Waals surface area contributed by atoms with Crippen LogP contribution in [-0.2, 0) is 15.8 Å². The zero-order valence-corrected chi connectivity index (χ0v) is 12.7. The topological polar surface area (TPSA) is 40.6 Å². The summed E-state index contributed by atoms with van der Waals surface area (Å²) in [5.74, 6) is 0.788. The number of rotatable bonds is 6. The van der Waals surface area contributed by atoms with Crippen molar-refractivity contribution < 1.29 is 13.9 Å². The van der Waals surface area contributed by atoms with Gasteiger partial charge < -0.3 is 13.9 Å². The molecule has 0 aliphatic carbocycles. The number of benzene rings is 1. The number of nitrogens with zero attached hydrogens (tertiary/aromatic N) is 1. The second kappa shape index (κ2) is 6.65. The van der Waals surface area contributed by atoms with Crippen molar-refractivity contribution in [1.82, 2.24) is 4.98 Å². The first-order chi connectivity index (χ1) is 9.20. The van der Waals surface area contributed by atoms with E-state index in [-0.39, 0.29) is 6.79 Å². The Hall–Kier alpha value is -1.43. The van der Waals surface area contributed by atoms with Gasteiger partial charge in [-0.2, -0.15) is 0 Å². The van der Waals surface area contributed by atoms with Crippen molar-refractivity contribution in [3.8, 4) is 5.75 Å². The Bertz CT molecular complexity index is 545. The number of para-hydroxylation sites is 1. The van der Waals surface area contributed by atoms with E-state index in [4.69, 9.17) is 13.9 Å². The predicted molar refractivity (Wildman–Crippen MR) is 77.9 cm³/mol. The van der Waals surface area contributed by atoms with Crippen molar-refractivity contribution in [3.05, 3.63) is 36.0 Å². The lowest BCUT2D eigenvalue weighted by atomic mass is 10.2. The zero-order chi connectivity index (χ0) is 13.7. The van der Waals surface area contributed by atoms with Crippen LogP contribution in [0.3, 0.4) is 0 Å². The van der Waals surface area contributed by atoms with Crippen LogP contribution in [0.25, 0.3) is 10.9 Å². The minimum absolute atomic E-state index is 0.229. The number of aromatic nitrogens is 1.